The van der Waals surface area contributed by atoms with E-state index in [-0.39, 0.29) is 5.56 Å². The number of amides is 1. The summed E-state index contributed by atoms with van der Waals surface area (Å²) in [5.74, 6) is 0. The standard InChI is InChI=1S/C13H15N3O2/c1-3-11-12(14-9-17)13(18)15(2)16(11)10-7-5-4-6-8-10/h4-9H,3H2,1-2H3,(H,14,17). The number of anilines is 1. The summed E-state index contributed by atoms with van der Waals surface area (Å²) in [6.07, 6.45) is 1.19. The molecule has 0 bridgehead atoms. The molecule has 1 amide bonds. The van der Waals surface area contributed by atoms with Crippen molar-refractivity contribution in [3.8, 4) is 5.69 Å². The Morgan fingerprint density at radius 2 is 1.94 bits per heavy atom. The van der Waals surface area contributed by atoms with Gasteiger partial charge in [0.1, 0.15) is 5.69 Å². The summed E-state index contributed by atoms with van der Waals surface area (Å²) in [6, 6.07) is 9.58. The summed E-state index contributed by atoms with van der Waals surface area (Å²) >= 11 is 0. The Balaban J connectivity index is 2.71. The summed E-state index contributed by atoms with van der Waals surface area (Å²) in [4.78, 5) is 22.6. The van der Waals surface area contributed by atoms with E-state index in [1.165, 1.54) is 4.68 Å². The Morgan fingerprint density at radius 1 is 1.28 bits per heavy atom. The van der Waals surface area contributed by atoms with Crippen LogP contribution >= 0.6 is 0 Å². The zero-order valence-corrected chi connectivity index (χ0v) is 10.4. The van der Waals surface area contributed by atoms with Crippen molar-refractivity contribution in [2.45, 2.75) is 13.3 Å². The molecule has 0 fully saturated rings. The molecule has 0 radical (unpaired) electrons. The molecule has 0 aliphatic carbocycles. The smallest absolute Gasteiger partial charge is 0.290 e. The zero-order chi connectivity index (χ0) is 13.1. The quantitative estimate of drug-likeness (QED) is 0.826. The Bertz CT molecular complexity index is 611. The number of nitrogens with zero attached hydrogens (tertiary/aromatic N) is 2. The second-order valence-corrected chi connectivity index (χ2v) is 3.91. The van der Waals surface area contributed by atoms with E-state index in [0.717, 1.165) is 11.4 Å². The van der Waals surface area contributed by atoms with E-state index in [9.17, 15) is 9.59 Å². The number of para-hydroxylation sites is 1. The SMILES string of the molecule is CCc1c(NC=O)c(=O)n(C)n1-c1ccccc1. The average Bonchev–Trinajstić information content (AvgIpc) is 2.64. The molecule has 5 nitrogen and oxygen atoms in total. The van der Waals surface area contributed by atoms with Gasteiger partial charge in [0.2, 0.25) is 6.41 Å². The zero-order valence-electron chi connectivity index (χ0n) is 10.4. The first-order chi connectivity index (χ1) is 8.70. The largest absolute Gasteiger partial charge is 0.323 e. The molecule has 1 heterocycles. The second kappa shape index (κ2) is 4.91. The normalized spacial score (nSPS) is 10.3. The van der Waals surface area contributed by atoms with Crippen LogP contribution < -0.4 is 10.9 Å². The molecule has 2 rings (SSSR count). The first-order valence-corrected chi connectivity index (χ1v) is 5.77. The van der Waals surface area contributed by atoms with E-state index in [2.05, 4.69) is 5.32 Å². The van der Waals surface area contributed by atoms with Gasteiger partial charge in [-0.05, 0) is 18.6 Å². The monoisotopic (exact) mass is 245 g/mol. The van der Waals surface area contributed by atoms with Gasteiger partial charge in [0.15, 0.2) is 0 Å². The van der Waals surface area contributed by atoms with Gasteiger partial charge >= 0.3 is 0 Å². The van der Waals surface area contributed by atoms with Crippen LogP contribution in [0.2, 0.25) is 0 Å². The Kier molecular flexibility index (Phi) is 3.32. The molecule has 0 spiro atoms. The summed E-state index contributed by atoms with van der Waals surface area (Å²) in [5, 5.41) is 2.49. The van der Waals surface area contributed by atoms with Crippen molar-refractivity contribution in [1.29, 1.82) is 0 Å². The minimum absolute atomic E-state index is 0.206. The van der Waals surface area contributed by atoms with Gasteiger partial charge in [-0.1, -0.05) is 25.1 Å². The molecule has 1 N–H and O–H groups in total. The first kappa shape index (κ1) is 12.2. The predicted octanol–water partition coefficient (Wildman–Crippen LogP) is 1.31. The first-order valence-electron chi connectivity index (χ1n) is 5.77. The van der Waals surface area contributed by atoms with E-state index in [0.29, 0.717) is 18.5 Å². The summed E-state index contributed by atoms with van der Waals surface area (Å²) < 4.78 is 3.31. The van der Waals surface area contributed by atoms with Gasteiger partial charge in [-0.15, -0.1) is 0 Å². The fourth-order valence-corrected chi connectivity index (χ4v) is 2.09. The lowest BCUT2D eigenvalue weighted by atomic mass is 10.2. The molecule has 0 saturated heterocycles. The fourth-order valence-electron chi connectivity index (χ4n) is 2.09. The molecule has 0 atom stereocenters. The van der Waals surface area contributed by atoms with Crippen LogP contribution in [-0.2, 0) is 18.3 Å². The molecular weight excluding hydrogens is 230 g/mol. The lowest BCUT2D eigenvalue weighted by Gasteiger charge is -2.11. The van der Waals surface area contributed by atoms with E-state index < -0.39 is 0 Å². The summed E-state index contributed by atoms with van der Waals surface area (Å²) in [5.41, 5.74) is 1.83. The van der Waals surface area contributed by atoms with Crippen LogP contribution in [-0.4, -0.2) is 15.8 Å². The molecular formula is C13H15N3O2. The average molecular weight is 245 g/mol. The van der Waals surface area contributed by atoms with Crippen molar-refractivity contribution in [2.24, 2.45) is 7.05 Å². The molecule has 0 saturated carbocycles. The Labute approximate surface area is 105 Å². The number of carbonyl (C=O) groups is 1. The third-order valence-corrected chi connectivity index (χ3v) is 2.89. The van der Waals surface area contributed by atoms with Gasteiger partial charge in [-0.3, -0.25) is 14.3 Å². The molecule has 18 heavy (non-hydrogen) atoms. The Hall–Kier alpha value is -2.30. The fraction of sp³-hybridized carbons (Fsp3) is 0.231. The molecule has 5 heteroatoms. The molecule has 1 aromatic heterocycles. The number of carbonyl (C=O) groups excluding carboxylic acids is 1. The Morgan fingerprint density at radius 3 is 2.50 bits per heavy atom. The minimum atomic E-state index is -0.206. The van der Waals surface area contributed by atoms with Gasteiger partial charge in [-0.25, -0.2) is 4.68 Å². The maximum atomic E-state index is 12.1. The van der Waals surface area contributed by atoms with Crippen molar-refractivity contribution in [3.63, 3.8) is 0 Å². The predicted molar refractivity (Wildman–Crippen MR) is 70.1 cm³/mol. The van der Waals surface area contributed by atoms with Crippen molar-refractivity contribution >= 4 is 12.1 Å². The van der Waals surface area contributed by atoms with Crippen molar-refractivity contribution in [3.05, 3.63) is 46.4 Å². The number of hydrogen-bond donors (Lipinski definition) is 1. The van der Waals surface area contributed by atoms with Crippen LogP contribution in [0.15, 0.2) is 35.1 Å². The van der Waals surface area contributed by atoms with Crippen LogP contribution in [0.5, 0.6) is 0 Å². The molecule has 0 unspecified atom stereocenters. The summed E-state index contributed by atoms with van der Waals surface area (Å²) in [7, 11) is 1.68. The van der Waals surface area contributed by atoms with Crippen LogP contribution in [0.1, 0.15) is 12.6 Å². The van der Waals surface area contributed by atoms with Gasteiger partial charge in [0, 0.05) is 7.05 Å². The highest BCUT2D eigenvalue weighted by atomic mass is 16.1. The van der Waals surface area contributed by atoms with E-state index in [1.807, 2.05) is 41.9 Å². The van der Waals surface area contributed by atoms with Gasteiger partial charge in [0.25, 0.3) is 5.56 Å². The van der Waals surface area contributed by atoms with Crippen LogP contribution in [0, 0.1) is 0 Å². The molecule has 1 aromatic carbocycles. The number of aromatic nitrogens is 2. The lowest BCUT2D eigenvalue weighted by Crippen LogP contribution is -2.19. The molecule has 0 aliphatic rings. The molecule has 94 valence electrons. The van der Waals surface area contributed by atoms with Crippen LogP contribution in [0.25, 0.3) is 5.69 Å². The number of benzene rings is 1. The van der Waals surface area contributed by atoms with E-state index in [1.54, 1.807) is 7.05 Å². The lowest BCUT2D eigenvalue weighted by molar-refractivity contribution is -0.105. The van der Waals surface area contributed by atoms with Gasteiger partial charge in [-0.2, -0.15) is 0 Å². The highest BCUT2D eigenvalue weighted by Gasteiger charge is 2.17. The van der Waals surface area contributed by atoms with Gasteiger partial charge < -0.3 is 5.32 Å². The maximum absolute atomic E-state index is 12.1. The maximum Gasteiger partial charge on any atom is 0.290 e. The molecule has 2 aromatic rings. The van der Waals surface area contributed by atoms with Crippen LogP contribution in [0.4, 0.5) is 5.69 Å². The number of hydrogen-bond acceptors (Lipinski definition) is 2. The number of rotatable bonds is 4. The van der Waals surface area contributed by atoms with E-state index >= 15 is 0 Å². The topological polar surface area (TPSA) is 56.0 Å². The van der Waals surface area contributed by atoms with Crippen molar-refractivity contribution in [2.75, 3.05) is 5.32 Å². The second-order valence-electron chi connectivity index (χ2n) is 3.91. The van der Waals surface area contributed by atoms with Crippen molar-refractivity contribution in [1.82, 2.24) is 9.36 Å². The minimum Gasteiger partial charge on any atom is -0.323 e. The number of nitrogens with one attached hydrogen (secondary N) is 1. The third kappa shape index (κ3) is 1.84. The van der Waals surface area contributed by atoms with Gasteiger partial charge in [0.05, 0.1) is 11.4 Å². The van der Waals surface area contributed by atoms with Crippen molar-refractivity contribution < 1.29 is 4.79 Å². The third-order valence-electron chi connectivity index (χ3n) is 2.89. The summed E-state index contributed by atoms with van der Waals surface area (Å²) in [6.45, 7) is 1.95. The highest BCUT2D eigenvalue weighted by Crippen LogP contribution is 2.17. The van der Waals surface area contributed by atoms with Crippen LogP contribution in [0.3, 0.4) is 0 Å². The van der Waals surface area contributed by atoms with E-state index in [4.69, 9.17) is 0 Å². The molecule has 0 aliphatic heterocycles. The highest BCUT2D eigenvalue weighted by molar-refractivity contribution is 5.72.